The molecule has 2 rings (SSSR count). The molecule has 1 aromatic rings. The third kappa shape index (κ3) is 1.54. The number of hydrogen-bond acceptors (Lipinski definition) is 2. The molecule has 84 valence electrons. The molecule has 2 unspecified atom stereocenters. The largest absolute Gasteiger partial charge is 0.478 e. The SMILES string of the molecule is CC1C(C)(C)C1(C)CCOc1ccn[nH]1. The fourth-order valence-corrected chi connectivity index (χ4v) is 2.61. The number of ether oxygens (including phenoxy) is 1. The van der Waals surface area contributed by atoms with E-state index in [-0.39, 0.29) is 0 Å². The molecule has 1 N–H and O–H groups in total. The Morgan fingerprint density at radius 2 is 2.13 bits per heavy atom. The van der Waals surface area contributed by atoms with Crippen LogP contribution in [0.2, 0.25) is 0 Å². The maximum atomic E-state index is 5.59. The minimum absolute atomic E-state index is 0.438. The lowest BCUT2D eigenvalue weighted by Gasteiger charge is -2.14. The fraction of sp³-hybridized carbons (Fsp3) is 0.750. The molecule has 1 aliphatic carbocycles. The van der Waals surface area contributed by atoms with Crippen LogP contribution in [-0.4, -0.2) is 16.8 Å². The highest BCUT2D eigenvalue weighted by Gasteiger charge is 2.64. The molecule has 1 aliphatic rings. The van der Waals surface area contributed by atoms with E-state index >= 15 is 0 Å². The highest BCUT2D eigenvalue weighted by molar-refractivity contribution is 5.12. The lowest BCUT2D eigenvalue weighted by Crippen LogP contribution is -2.10. The minimum atomic E-state index is 0.438. The van der Waals surface area contributed by atoms with Crippen molar-refractivity contribution in [2.75, 3.05) is 6.61 Å². The Balaban J connectivity index is 1.81. The molecular formula is C12H20N2O. The zero-order valence-corrected chi connectivity index (χ0v) is 10.0. The van der Waals surface area contributed by atoms with Gasteiger partial charge in [-0.25, -0.2) is 5.10 Å². The first-order valence-electron chi connectivity index (χ1n) is 5.60. The summed E-state index contributed by atoms with van der Waals surface area (Å²) in [6, 6.07) is 1.85. The Hall–Kier alpha value is -0.990. The van der Waals surface area contributed by atoms with E-state index in [0.29, 0.717) is 10.8 Å². The van der Waals surface area contributed by atoms with Crippen molar-refractivity contribution in [3.8, 4) is 5.88 Å². The second-order valence-corrected chi connectivity index (χ2v) is 5.38. The number of aromatic amines is 1. The van der Waals surface area contributed by atoms with Crippen LogP contribution in [0, 0.1) is 16.7 Å². The van der Waals surface area contributed by atoms with Crippen LogP contribution in [0.15, 0.2) is 12.3 Å². The summed E-state index contributed by atoms with van der Waals surface area (Å²) in [5, 5.41) is 6.65. The van der Waals surface area contributed by atoms with Crippen LogP contribution in [0.3, 0.4) is 0 Å². The van der Waals surface area contributed by atoms with Crippen LogP contribution >= 0.6 is 0 Å². The van der Waals surface area contributed by atoms with Crippen molar-refractivity contribution >= 4 is 0 Å². The molecule has 0 bridgehead atoms. The molecule has 3 nitrogen and oxygen atoms in total. The summed E-state index contributed by atoms with van der Waals surface area (Å²) < 4.78 is 5.59. The first-order chi connectivity index (χ1) is 6.98. The van der Waals surface area contributed by atoms with Gasteiger partial charge in [0.1, 0.15) is 0 Å². The molecular weight excluding hydrogens is 188 g/mol. The molecule has 1 saturated carbocycles. The number of rotatable bonds is 4. The lowest BCUT2D eigenvalue weighted by molar-refractivity contribution is 0.245. The molecule has 0 aromatic carbocycles. The molecule has 3 heteroatoms. The Bertz CT molecular complexity index is 331. The van der Waals surface area contributed by atoms with Crippen molar-refractivity contribution in [2.45, 2.75) is 34.1 Å². The van der Waals surface area contributed by atoms with E-state index in [9.17, 15) is 0 Å². The molecule has 0 spiro atoms. The highest BCUT2D eigenvalue weighted by Crippen LogP contribution is 2.70. The summed E-state index contributed by atoms with van der Waals surface area (Å²) >= 11 is 0. The Kier molecular flexibility index (Phi) is 2.28. The van der Waals surface area contributed by atoms with E-state index in [1.165, 1.54) is 0 Å². The normalized spacial score (nSPS) is 32.7. The molecule has 0 radical (unpaired) electrons. The molecule has 1 aromatic heterocycles. The van der Waals surface area contributed by atoms with E-state index in [4.69, 9.17) is 4.74 Å². The average Bonchev–Trinajstić information content (AvgIpc) is 2.67. The Labute approximate surface area is 91.2 Å². The monoisotopic (exact) mass is 208 g/mol. The van der Waals surface area contributed by atoms with Gasteiger partial charge in [0.05, 0.1) is 12.8 Å². The van der Waals surface area contributed by atoms with Crippen LogP contribution in [0.1, 0.15) is 34.1 Å². The van der Waals surface area contributed by atoms with Gasteiger partial charge in [0.2, 0.25) is 5.88 Å². The van der Waals surface area contributed by atoms with Crippen LogP contribution in [0.25, 0.3) is 0 Å². The molecule has 1 heterocycles. The molecule has 0 amide bonds. The summed E-state index contributed by atoms with van der Waals surface area (Å²) in [5.74, 6) is 1.56. The number of nitrogens with one attached hydrogen (secondary N) is 1. The van der Waals surface area contributed by atoms with E-state index in [2.05, 4.69) is 37.9 Å². The molecule has 0 aliphatic heterocycles. The van der Waals surface area contributed by atoms with E-state index < -0.39 is 0 Å². The van der Waals surface area contributed by atoms with E-state index in [1.54, 1.807) is 6.20 Å². The first-order valence-corrected chi connectivity index (χ1v) is 5.60. The van der Waals surface area contributed by atoms with Gasteiger partial charge in [-0.05, 0) is 23.2 Å². The Morgan fingerprint density at radius 3 is 2.60 bits per heavy atom. The zero-order chi connectivity index (χ0) is 11.1. The maximum Gasteiger partial charge on any atom is 0.208 e. The van der Waals surface area contributed by atoms with Crippen molar-refractivity contribution < 1.29 is 4.74 Å². The van der Waals surface area contributed by atoms with Gasteiger partial charge in [-0.2, -0.15) is 5.10 Å². The third-order valence-electron chi connectivity index (χ3n) is 4.78. The molecule has 2 atom stereocenters. The standard InChI is InChI=1S/C12H20N2O/c1-9-11(2,3)12(9,4)6-8-15-10-5-7-13-14-10/h5,7,9H,6,8H2,1-4H3,(H,13,14). The van der Waals surface area contributed by atoms with E-state index in [1.807, 2.05) is 6.07 Å². The van der Waals surface area contributed by atoms with Crippen molar-refractivity contribution in [2.24, 2.45) is 16.7 Å². The predicted molar refractivity (Wildman–Crippen MR) is 59.8 cm³/mol. The van der Waals surface area contributed by atoms with Gasteiger partial charge < -0.3 is 4.74 Å². The summed E-state index contributed by atoms with van der Waals surface area (Å²) in [6.07, 6.45) is 2.82. The Morgan fingerprint density at radius 1 is 1.47 bits per heavy atom. The first kappa shape index (κ1) is 10.5. The van der Waals surface area contributed by atoms with Crippen molar-refractivity contribution in [1.29, 1.82) is 0 Å². The van der Waals surface area contributed by atoms with Gasteiger partial charge in [0.15, 0.2) is 0 Å². The number of aromatic nitrogens is 2. The van der Waals surface area contributed by atoms with Crippen molar-refractivity contribution in [1.82, 2.24) is 10.2 Å². The smallest absolute Gasteiger partial charge is 0.208 e. The van der Waals surface area contributed by atoms with Crippen LogP contribution in [0.4, 0.5) is 0 Å². The molecule has 1 fully saturated rings. The third-order valence-corrected chi connectivity index (χ3v) is 4.78. The summed E-state index contributed by atoms with van der Waals surface area (Å²) in [6.45, 7) is 10.1. The second kappa shape index (κ2) is 3.26. The van der Waals surface area contributed by atoms with Crippen molar-refractivity contribution in [3.05, 3.63) is 12.3 Å². The second-order valence-electron chi connectivity index (χ2n) is 5.38. The van der Waals surface area contributed by atoms with Gasteiger partial charge >= 0.3 is 0 Å². The average molecular weight is 208 g/mol. The van der Waals surface area contributed by atoms with Crippen LogP contribution < -0.4 is 4.74 Å². The van der Waals surface area contributed by atoms with Crippen LogP contribution in [0.5, 0.6) is 5.88 Å². The highest BCUT2D eigenvalue weighted by atomic mass is 16.5. The number of H-pyrrole nitrogens is 1. The quantitative estimate of drug-likeness (QED) is 0.826. The summed E-state index contributed by atoms with van der Waals surface area (Å²) in [5.41, 5.74) is 0.900. The van der Waals surface area contributed by atoms with E-state index in [0.717, 1.165) is 24.8 Å². The van der Waals surface area contributed by atoms with Gasteiger partial charge in [0, 0.05) is 6.07 Å². The number of hydrogen-bond donors (Lipinski definition) is 1. The van der Waals surface area contributed by atoms with Crippen molar-refractivity contribution in [3.63, 3.8) is 0 Å². The lowest BCUT2D eigenvalue weighted by atomic mass is 9.95. The maximum absolute atomic E-state index is 5.59. The summed E-state index contributed by atoms with van der Waals surface area (Å²) in [4.78, 5) is 0. The summed E-state index contributed by atoms with van der Waals surface area (Å²) in [7, 11) is 0. The predicted octanol–water partition coefficient (Wildman–Crippen LogP) is 2.86. The van der Waals surface area contributed by atoms with Gasteiger partial charge in [-0.1, -0.05) is 27.7 Å². The minimum Gasteiger partial charge on any atom is -0.478 e. The topological polar surface area (TPSA) is 37.9 Å². The number of nitrogens with zero attached hydrogens (tertiary/aromatic N) is 1. The molecule has 0 saturated heterocycles. The van der Waals surface area contributed by atoms with Crippen LogP contribution in [-0.2, 0) is 0 Å². The molecule has 15 heavy (non-hydrogen) atoms. The van der Waals surface area contributed by atoms with Gasteiger partial charge in [-0.3, -0.25) is 0 Å². The zero-order valence-electron chi connectivity index (χ0n) is 10.0. The van der Waals surface area contributed by atoms with Gasteiger partial charge in [-0.15, -0.1) is 0 Å². The van der Waals surface area contributed by atoms with Gasteiger partial charge in [0.25, 0.3) is 0 Å². The fourth-order valence-electron chi connectivity index (χ4n) is 2.61.